The predicted molar refractivity (Wildman–Crippen MR) is 118 cm³/mol. The summed E-state index contributed by atoms with van der Waals surface area (Å²) in [4.78, 5) is 22.7. The fourth-order valence-electron chi connectivity index (χ4n) is 3.43. The lowest BCUT2D eigenvalue weighted by Gasteiger charge is -2.27. The van der Waals surface area contributed by atoms with E-state index in [1.807, 2.05) is 31.0 Å². The van der Waals surface area contributed by atoms with E-state index < -0.39 is 0 Å². The number of carbonyl (C=O) groups excluding carboxylic acids is 1. The van der Waals surface area contributed by atoms with Gasteiger partial charge in [0.05, 0.1) is 13.7 Å². The number of nitrogens with one attached hydrogen (secondary N) is 1. The summed E-state index contributed by atoms with van der Waals surface area (Å²) in [7, 11) is 3.68. The molecule has 29 heavy (non-hydrogen) atoms. The smallest absolute Gasteiger partial charge is 0.224 e. The molecule has 0 bridgehead atoms. The summed E-state index contributed by atoms with van der Waals surface area (Å²) in [5.41, 5.74) is 2.47. The first kappa shape index (κ1) is 21.2. The van der Waals surface area contributed by atoms with Crippen LogP contribution in [-0.2, 0) is 24.3 Å². The van der Waals surface area contributed by atoms with Crippen LogP contribution in [0, 0.1) is 0 Å². The van der Waals surface area contributed by atoms with E-state index in [1.54, 1.807) is 18.4 Å². The lowest BCUT2D eigenvalue weighted by atomic mass is 10.1. The minimum absolute atomic E-state index is 0.180. The summed E-state index contributed by atoms with van der Waals surface area (Å²) in [5.74, 6) is 1.84. The first-order chi connectivity index (χ1) is 14.1. The molecule has 156 valence electrons. The van der Waals surface area contributed by atoms with Crippen LogP contribution in [0.1, 0.15) is 29.3 Å². The molecule has 0 spiro atoms. The molecule has 1 amide bonds. The fraction of sp³-hybridized carbons (Fsp3) is 0.455. The number of rotatable bonds is 7. The van der Waals surface area contributed by atoms with Crippen LogP contribution in [0.3, 0.4) is 0 Å². The molecular weight excluding hydrogens is 384 g/mol. The van der Waals surface area contributed by atoms with E-state index in [0.29, 0.717) is 13.0 Å². The number of aliphatic imine (C=N–C) groups is 1. The van der Waals surface area contributed by atoms with Gasteiger partial charge < -0.3 is 19.9 Å². The third-order valence-electron chi connectivity index (χ3n) is 5.02. The number of carbonyl (C=O) groups is 1. The number of methoxy groups -OCH3 is 1. The monoisotopic (exact) mass is 414 g/mol. The number of guanidine groups is 1. The van der Waals surface area contributed by atoms with Gasteiger partial charge in [0.25, 0.3) is 0 Å². The van der Waals surface area contributed by atoms with Crippen LogP contribution in [0.25, 0.3) is 0 Å². The second-order valence-corrected chi connectivity index (χ2v) is 8.12. The summed E-state index contributed by atoms with van der Waals surface area (Å²) < 4.78 is 5.22. The van der Waals surface area contributed by atoms with Gasteiger partial charge in [0.2, 0.25) is 5.91 Å². The molecule has 0 radical (unpaired) electrons. The van der Waals surface area contributed by atoms with Crippen molar-refractivity contribution in [2.75, 3.05) is 33.8 Å². The van der Waals surface area contributed by atoms with Crippen molar-refractivity contribution < 1.29 is 9.53 Å². The van der Waals surface area contributed by atoms with E-state index in [-0.39, 0.29) is 5.91 Å². The van der Waals surface area contributed by atoms with Crippen molar-refractivity contribution in [1.82, 2.24) is 15.1 Å². The Morgan fingerprint density at radius 2 is 2.10 bits per heavy atom. The Morgan fingerprint density at radius 3 is 2.83 bits per heavy atom. The molecule has 2 aromatic rings. The van der Waals surface area contributed by atoms with Gasteiger partial charge in [-0.1, -0.05) is 12.1 Å². The zero-order chi connectivity index (χ0) is 20.6. The first-order valence-electron chi connectivity index (χ1n) is 10.1. The topological polar surface area (TPSA) is 57.2 Å². The normalized spacial score (nSPS) is 13.8. The summed E-state index contributed by atoms with van der Waals surface area (Å²) in [6.45, 7) is 5.60. The molecule has 1 aromatic heterocycles. The lowest BCUT2D eigenvalue weighted by Crippen LogP contribution is -2.39. The first-order valence-corrected chi connectivity index (χ1v) is 10.9. The maximum Gasteiger partial charge on any atom is 0.224 e. The number of amides is 1. The molecule has 1 aliphatic rings. The average molecular weight is 415 g/mol. The molecule has 3 rings (SSSR count). The molecule has 1 aliphatic heterocycles. The Bertz CT molecular complexity index is 832. The van der Waals surface area contributed by atoms with Crippen LogP contribution in [0.2, 0.25) is 0 Å². The average Bonchev–Trinajstić information content (AvgIpc) is 3.21. The van der Waals surface area contributed by atoms with Gasteiger partial charge in [0.1, 0.15) is 5.75 Å². The largest absolute Gasteiger partial charge is 0.497 e. The predicted octanol–water partition coefficient (Wildman–Crippen LogP) is 3.13. The Balaban J connectivity index is 1.53. The van der Waals surface area contributed by atoms with Crippen molar-refractivity contribution in [3.63, 3.8) is 0 Å². The quantitative estimate of drug-likeness (QED) is 0.559. The summed E-state index contributed by atoms with van der Waals surface area (Å²) >= 11 is 1.79. The third kappa shape index (κ3) is 5.73. The fourth-order valence-corrected chi connectivity index (χ4v) is 4.32. The molecule has 2 heterocycles. The molecule has 0 unspecified atom stereocenters. The summed E-state index contributed by atoms with van der Waals surface area (Å²) in [6, 6.07) is 10.2. The maximum absolute atomic E-state index is 12.6. The molecule has 6 nitrogen and oxygen atoms in total. The van der Waals surface area contributed by atoms with Gasteiger partial charge in [-0.25, -0.2) is 0 Å². The Labute approximate surface area is 177 Å². The van der Waals surface area contributed by atoms with E-state index in [0.717, 1.165) is 44.3 Å². The Kier molecular flexibility index (Phi) is 7.52. The van der Waals surface area contributed by atoms with Crippen molar-refractivity contribution in [1.29, 1.82) is 0 Å². The van der Waals surface area contributed by atoms with Crippen molar-refractivity contribution in [3.05, 3.63) is 51.7 Å². The van der Waals surface area contributed by atoms with Gasteiger partial charge in [-0.2, -0.15) is 0 Å². The second kappa shape index (κ2) is 10.3. The number of hydrogen-bond acceptors (Lipinski definition) is 4. The molecule has 0 fully saturated rings. The molecule has 0 aliphatic carbocycles. The minimum Gasteiger partial charge on any atom is -0.497 e. The molecule has 0 atom stereocenters. The van der Waals surface area contributed by atoms with Crippen molar-refractivity contribution >= 4 is 23.2 Å². The molecule has 7 heteroatoms. The van der Waals surface area contributed by atoms with Crippen molar-refractivity contribution in [3.8, 4) is 5.75 Å². The highest BCUT2D eigenvalue weighted by Gasteiger charge is 2.21. The van der Waals surface area contributed by atoms with E-state index in [9.17, 15) is 4.79 Å². The summed E-state index contributed by atoms with van der Waals surface area (Å²) in [5, 5.41) is 5.43. The highest BCUT2D eigenvalue weighted by atomic mass is 32.1. The molecule has 1 N–H and O–H groups in total. The van der Waals surface area contributed by atoms with E-state index >= 15 is 0 Å². The number of hydrogen-bond donors (Lipinski definition) is 1. The molecule has 1 aromatic carbocycles. The minimum atomic E-state index is 0.180. The highest BCUT2D eigenvalue weighted by Crippen LogP contribution is 2.24. The van der Waals surface area contributed by atoms with Gasteiger partial charge in [0, 0.05) is 44.5 Å². The third-order valence-corrected chi connectivity index (χ3v) is 6.05. The van der Waals surface area contributed by atoms with Crippen LogP contribution in [0.5, 0.6) is 5.75 Å². The summed E-state index contributed by atoms with van der Waals surface area (Å²) in [6.07, 6.45) is 1.40. The second-order valence-electron chi connectivity index (χ2n) is 7.12. The molecular formula is C22H30N4O2S. The van der Waals surface area contributed by atoms with Crippen LogP contribution in [0.15, 0.2) is 40.7 Å². The Hall–Kier alpha value is -2.54. The number of benzene rings is 1. The van der Waals surface area contributed by atoms with Crippen LogP contribution in [-0.4, -0.2) is 55.5 Å². The number of ether oxygens (including phenoxy) is 1. The van der Waals surface area contributed by atoms with Gasteiger partial charge in [-0.15, -0.1) is 11.3 Å². The SMILES string of the molecule is CCNC(=NCCC(=O)N1CCc2sccc2C1)N(C)Cc1ccc(OC)cc1. The molecule has 0 saturated carbocycles. The zero-order valence-electron chi connectivity index (χ0n) is 17.5. The van der Waals surface area contributed by atoms with E-state index in [2.05, 4.69) is 38.8 Å². The van der Waals surface area contributed by atoms with Gasteiger partial charge in [-0.3, -0.25) is 9.79 Å². The van der Waals surface area contributed by atoms with Crippen LogP contribution in [0.4, 0.5) is 0 Å². The van der Waals surface area contributed by atoms with E-state index in [1.165, 1.54) is 16.0 Å². The lowest BCUT2D eigenvalue weighted by molar-refractivity contribution is -0.131. The van der Waals surface area contributed by atoms with Crippen molar-refractivity contribution in [2.45, 2.75) is 32.9 Å². The number of thiophene rings is 1. The van der Waals surface area contributed by atoms with Crippen LogP contribution < -0.4 is 10.1 Å². The molecule has 0 saturated heterocycles. The highest BCUT2D eigenvalue weighted by molar-refractivity contribution is 7.10. The Morgan fingerprint density at radius 1 is 1.31 bits per heavy atom. The standard InChI is InChI=1S/C22H30N4O2S/c1-4-23-22(25(2)15-17-5-7-19(28-3)8-6-17)24-12-9-21(27)26-13-10-20-18(16-26)11-14-29-20/h5-8,11,14H,4,9-10,12-13,15-16H2,1-3H3,(H,23,24). The van der Waals surface area contributed by atoms with Gasteiger partial charge in [-0.05, 0) is 48.1 Å². The van der Waals surface area contributed by atoms with Crippen molar-refractivity contribution in [2.24, 2.45) is 4.99 Å². The number of nitrogens with zero attached hydrogens (tertiary/aromatic N) is 3. The van der Waals surface area contributed by atoms with Gasteiger partial charge in [0.15, 0.2) is 5.96 Å². The number of fused-ring (bicyclic) bond motifs is 1. The zero-order valence-corrected chi connectivity index (χ0v) is 18.3. The van der Waals surface area contributed by atoms with Crippen LogP contribution >= 0.6 is 11.3 Å². The van der Waals surface area contributed by atoms with E-state index in [4.69, 9.17) is 4.74 Å². The maximum atomic E-state index is 12.6. The van der Waals surface area contributed by atoms with Gasteiger partial charge >= 0.3 is 0 Å².